The van der Waals surface area contributed by atoms with Crippen LogP contribution in [0, 0.1) is 5.41 Å². The first-order valence-corrected chi connectivity index (χ1v) is 0.827. The van der Waals surface area contributed by atoms with Crippen LogP contribution in [0.3, 0.4) is 0 Å². The number of rotatable bonds is 0. The van der Waals surface area contributed by atoms with E-state index in [1.165, 1.54) is 0 Å². The summed E-state index contributed by atoms with van der Waals surface area (Å²) in [6, 6.07) is 0. The van der Waals surface area contributed by atoms with Crippen molar-refractivity contribution >= 4 is 43.7 Å². The van der Waals surface area contributed by atoms with E-state index in [1.807, 2.05) is 0 Å². The van der Waals surface area contributed by atoms with E-state index in [0.29, 0.717) is 0 Å². The first kappa shape index (κ1) is 26.0. The molecule has 5 nitrogen and oxygen atoms in total. The zero-order valence-electron chi connectivity index (χ0n) is 5.86. The third kappa shape index (κ3) is 631. The van der Waals surface area contributed by atoms with Gasteiger partial charge >= 0.3 is 37.7 Å². The molecule has 0 saturated carbocycles. The summed E-state index contributed by atoms with van der Waals surface area (Å²) in [7, 11) is 0. The molecule has 0 bridgehead atoms. The van der Waals surface area contributed by atoms with Gasteiger partial charge in [-0.3, -0.25) is 5.41 Å². The molecule has 9 N–H and O–H groups in total. The molecule has 0 rings (SSSR count). The molecule has 0 amide bonds. The Morgan fingerprint density at radius 2 is 1.29 bits per heavy atom. The Bertz CT molecular complexity index is 42.8. The van der Waals surface area contributed by atoms with E-state index in [-0.39, 0.29) is 57.5 Å². The number of nitrogens with one attached hydrogen (secondary N) is 1. The maximum atomic E-state index is 6.06. The van der Waals surface area contributed by atoms with Crippen molar-refractivity contribution in [2.24, 2.45) is 11.5 Å². The third-order valence-corrected chi connectivity index (χ3v) is 0. The number of guanidine groups is 1. The molecule has 0 radical (unpaired) electrons. The fourth-order valence-corrected chi connectivity index (χ4v) is 0. The summed E-state index contributed by atoms with van der Waals surface area (Å²) < 4.78 is 0. The van der Waals surface area contributed by atoms with Crippen molar-refractivity contribution in [3.8, 4) is 0 Å². The molecule has 0 aliphatic heterocycles. The quantitative estimate of drug-likeness (QED) is 0.186. The number of hydrogen-bond donors (Lipinski definition) is 3. The van der Waals surface area contributed by atoms with Crippen LogP contribution >= 0.6 is 0 Å². The Morgan fingerprint density at radius 1 is 1.29 bits per heavy atom. The van der Waals surface area contributed by atoms with E-state index >= 15 is 0 Å². The van der Waals surface area contributed by atoms with E-state index in [1.54, 1.807) is 0 Å². The minimum absolute atomic E-state index is 0. The molecule has 0 fully saturated rings. The Labute approximate surface area is 74.2 Å². The summed E-state index contributed by atoms with van der Waals surface area (Å²) >= 11 is 0. The Morgan fingerprint density at radius 3 is 1.29 bits per heavy atom. The topological polar surface area (TPSA) is 139 Å². The van der Waals surface area contributed by atoms with Gasteiger partial charge in [-0.05, 0) is 0 Å². The second kappa shape index (κ2) is 16.1. The van der Waals surface area contributed by atoms with E-state index in [9.17, 15) is 0 Å². The van der Waals surface area contributed by atoms with Gasteiger partial charge in [0.05, 0.1) is 0 Å². The third-order valence-electron chi connectivity index (χ3n) is 0. The molecule has 0 aliphatic carbocycles. The van der Waals surface area contributed by atoms with E-state index in [0.717, 1.165) is 0 Å². The summed E-state index contributed by atoms with van der Waals surface area (Å²) in [5.41, 5.74) is 8.94. The van der Waals surface area contributed by atoms with Crippen molar-refractivity contribution in [1.29, 1.82) is 5.41 Å². The van der Waals surface area contributed by atoms with Gasteiger partial charge in [0.25, 0.3) is 0 Å². The van der Waals surface area contributed by atoms with Crippen LogP contribution in [-0.2, 0) is 0 Å². The van der Waals surface area contributed by atoms with Crippen molar-refractivity contribution < 1.29 is 13.8 Å². The average molecular weight is 137 g/mol. The first-order chi connectivity index (χ1) is 1.73. The smallest absolute Gasteiger partial charge is 1.00 e. The summed E-state index contributed by atoms with van der Waals surface area (Å²) in [4.78, 5) is 0. The maximum Gasteiger partial charge on any atom is 2.00 e. The van der Waals surface area contributed by atoms with Crippen LogP contribution in [0.5, 0.6) is 0 Å². The van der Waals surface area contributed by atoms with Gasteiger partial charge in [0.2, 0.25) is 0 Å². The van der Waals surface area contributed by atoms with Gasteiger partial charge in [-0.15, -0.1) is 0 Å². The Balaban J connectivity index is -0.00000000450. The fourth-order valence-electron chi connectivity index (χ4n) is 0. The summed E-state index contributed by atoms with van der Waals surface area (Å²) in [5.74, 6) is -0.333. The second-order valence-electron chi connectivity index (χ2n) is 0.455. The Hall–Kier alpha value is 0.450. The molecule has 7 heavy (non-hydrogen) atoms. The van der Waals surface area contributed by atoms with Crippen molar-refractivity contribution in [2.45, 2.75) is 0 Å². The Kier molecular flexibility index (Phi) is 59.9. The molecule has 0 unspecified atom stereocenters. The minimum atomic E-state index is -0.333. The molecule has 0 aromatic carbocycles. The van der Waals surface area contributed by atoms with Crippen molar-refractivity contribution in [3.63, 3.8) is 0 Å². The van der Waals surface area contributed by atoms with Crippen LogP contribution in [0.25, 0.3) is 0 Å². The molecule has 44 valence electrons. The molecule has 0 heterocycles. The zero-order valence-corrected chi connectivity index (χ0v) is 6.07. The van der Waals surface area contributed by atoms with Crippen LogP contribution in [-0.4, -0.2) is 54.7 Å². The predicted molar refractivity (Wildman–Crippen MR) is 31.3 cm³/mol. The monoisotopic (exact) mass is 137 g/mol. The predicted octanol–water partition coefficient (Wildman–Crippen LogP) is -2.97. The molecule has 0 atom stereocenters. The fraction of sp³-hybridized carbons (Fsp3) is 0. The molecule has 0 saturated heterocycles. The first-order valence-electron chi connectivity index (χ1n) is 0.827. The van der Waals surface area contributed by atoms with Crippen LogP contribution in [0.4, 0.5) is 0 Å². The average Bonchev–Trinajstić information content (AvgIpc) is 0.811. The SMILES string of the molecule is N=C(N)N.O.O.[Ca+2].[H-].[H-]. The molecule has 0 aromatic heterocycles. The van der Waals surface area contributed by atoms with E-state index in [4.69, 9.17) is 5.41 Å². The van der Waals surface area contributed by atoms with Gasteiger partial charge in [-0.1, -0.05) is 0 Å². The van der Waals surface area contributed by atoms with E-state index in [2.05, 4.69) is 11.5 Å². The van der Waals surface area contributed by atoms with Crippen LogP contribution in [0.1, 0.15) is 2.85 Å². The van der Waals surface area contributed by atoms with E-state index < -0.39 is 0 Å². The number of hydrogen-bond acceptors (Lipinski definition) is 1. The molecule has 0 spiro atoms. The molecular formula is CH11CaN3O2. The van der Waals surface area contributed by atoms with Gasteiger partial charge in [0.1, 0.15) is 0 Å². The van der Waals surface area contributed by atoms with Gasteiger partial charge in [-0.2, -0.15) is 0 Å². The van der Waals surface area contributed by atoms with Crippen molar-refractivity contribution in [1.82, 2.24) is 0 Å². The second-order valence-corrected chi connectivity index (χ2v) is 0.455. The minimum Gasteiger partial charge on any atom is -1.00 e. The molecule has 6 heteroatoms. The van der Waals surface area contributed by atoms with Gasteiger partial charge in [-0.25, -0.2) is 0 Å². The standard InChI is InChI=1S/CH5N3.Ca.2H2O.2H/c2-1(3)4;;;;;/h(H5,2,3,4);;2*1H2;;/q;+2;;;2*-1. The summed E-state index contributed by atoms with van der Waals surface area (Å²) in [6.07, 6.45) is 0. The summed E-state index contributed by atoms with van der Waals surface area (Å²) in [5, 5.41) is 6.06. The van der Waals surface area contributed by atoms with Crippen LogP contribution < -0.4 is 11.5 Å². The van der Waals surface area contributed by atoms with Gasteiger partial charge < -0.3 is 25.3 Å². The zero-order chi connectivity index (χ0) is 3.58. The molecule has 0 aromatic rings. The van der Waals surface area contributed by atoms with Crippen LogP contribution in [0.15, 0.2) is 0 Å². The molecule has 0 aliphatic rings. The maximum absolute atomic E-state index is 6.06. The summed E-state index contributed by atoms with van der Waals surface area (Å²) in [6.45, 7) is 0. The normalized spacial score (nSPS) is 3.43. The van der Waals surface area contributed by atoms with Crippen molar-refractivity contribution in [3.05, 3.63) is 0 Å². The van der Waals surface area contributed by atoms with Gasteiger partial charge in [0.15, 0.2) is 5.96 Å². The molecular weight excluding hydrogens is 126 g/mol. The van der Waals surface area contributed by atoms with Crippen molar-refractivity contribution in [2.75, 3.05) is 0 Å². The number of nitrogens with two attached hydrogens (primary N) is 2. The largest absolute Gasteiger partial charge is 2.00 e. The van der Waals surface area contributed by atoms with Crippen LogP contribution in [0.2, 0.25) is 0 Å². The van der Waals surface area contributed by atoms with Gasteiger partial charge in [0, 0.05) is 0 Å².